The predicted octanol–water partition coefficient (Wildman–Crippen LogP) is 3.12. The standard InChI is InChI=1S/C16H18F3NO2/c1-11(16(17,18)19)20-9-13(21)10-22-15-8-4-6-12-5-2-3-7-14(12)15/h2-8,11,13,20-21H,9-10H2,1H3/t11?,13-/m0/s1. The molecular formula is C16H18F3NO2. The molecule has 6 heteroatoms. The van der Waals surface area contributed by atoms with E-state index in [9.17, 15) is 18.3 Å². The van der Waals surface area contributed by atoms with Crippen LogP contribution < -0.4 is 10.1 Å². The lowest BCUT2D eigenvalue weighted by atomic mass is 10.1. The number of alkyl halides is 3. The van der Waals surface area contributed by atoms with Crippen LogP contribution in [0.5, 0.6) is 5.75 Å². The van der Waals surface area contributed by atoms with E-state index in [-0.39, 0.29) is 13.2 Å². The Morgan fingerprint density at radius 2 is 1.82 bits per heavy atom. The van der Waals surface area contributed by atoms with Crippen molar-refractivity contribution < 1.29 is 23.0 Å². The highest BCUT2D eigenvalue weighted by Crippen LogP contribution is 2.25. The number of aliphatic hydroxyl groups excluding tert-OH is 1. The maximum atomic E-state index is 12.3. The zero-order valence-electron chi connectivity index (χ0n) is 12.1. The molecule has 0 aromatic heterocycles. The van der Waals surface area contributed by atoms with Gasteiger partial charge in [0.25, 0.3) is 0 Å². The van der Waals surface area contributed by atoms with Crippen molar-refractivity contribution in [1.29, 1.82) is 0 Å². The minimum absolute atomic E-state index is 0.0778. The molecule has 0 saturated heterocycles. The maximum Gasteiger partial charge on any atom is 0.403 e. The lowest BCUT2D eigenvalue weighted by Gasteiger charge is -2.20. The van der Waals surface area contributed by atoms with Crippen LogP contribution in [0.2, 0.25) is 0 Å². The molecule has 0 heterocycles. The molecule has 0 radical (unpaired) electrons. The average molecular weight is 313 g/mol. The molecule has 0 spiro atoms. The van der Waals surface area contributed by atoms with Crippen molar-refractivity contribution in [2.75, 3.05) is 13.2 Å². The van der Waals surface area contributed by atoms with E-state index in [1.165, 1.54) is 0 Å². The second-order valence-electron chi connectivity index (χ2n) is 5.11. The van der Waals surface area contributed by atoms with E-state index in [0.29, 0.717) is 5.75 Å². The predicted molar refractivity (Wildman–Crippen MR) is 79.0 cm³/mol. The molecule has 120 valence electrons. The molecule has 22 heavy (non-hydrogen) atoms. The van der Waals surface area contributed by atoms with Crippen LogP contribution in [0, 0.1) is 0 Å². The van der Waals surface area contributed by atoms with Crippen LogP contribution in [0.4, 0.5) is 13.2 Å². The van der Waals surface area contributed by atoms with E-state index >= 15 is 0 Å². The van der Waals surface area contributed by atoms with Gasteiger partial charge in [0, 0.05) is 11.9 Å². The second kappa shape index (κ2) is 6.98. The zero-order valence-corrected chi connectivity index (χ0v) is 12.1. The Labute approximate surface area is 126 Å². The fraction of sp³-hybridized carbons (Fsp3) is 0.375. The van der Waals surface area contributed by atoms with Crippen molar-refractivity contribution in [2.45, 2.75) is 25.2 Å². The highest BCUT2D eigenvalue weighted by atomic mass is 19.4. The maximum absolute atomic E-state index is 12.3. The molecular weight excluding hydrogens is 295 g/mol. The third-order valence-corrected chi connectivity index (χ3v) is 3.33. The zero-order chi connectivity index (χ0) is 16.2. The highest BCUT2D eigenvalue weighted by Gasteiger charge is 2.35. The quantitative estimate of drug-likeness (QED) is 0.861. The normalized spacial score (nSPS) is 14.8. The summed E-state index contributed by atoms with van der Waals surface area (Å²) in [4.78, 5) is 0. The molecule has 0 bridgehead atoms. The fourth-order valence-corrected chi connectivity index (χ4v) is 1.99. The molecule has 2 rings (SSSR count). The van der Waals surface area contributed by atoms with Crippen molar-refractivity contribution in [2.24, 2.45) is 0 Å². The van der Waals surface area contributed by atoms with Crippen molar-refractivity contribution in [1.82, 2.24) is 5.32 Å². The number of halogens is 3. The van der Waals surface area contributed by atoms with Crippen molar-refractivity contribution >= 4 is 10.8 Å². The van der Waals surface area contributed by atoms with Gasteiger partial charge in [-0.25, -0.2) is 0 Å². The first kappa shape index (κ1) is 16.6. The van der Waals surface area contributed by atoms with Crippen LogP contribution in [0.15, 0.2) is 42.5 Å². The summed E-state index contributed by atoms with van der Waals surface area (Å²) >= 11 is 0. The number of fused-ring (bicyclic) bond motifs is 1. The van der Waals surface area contributed by atoms with Crippen LogP contribution >= 0.6 is 0 Å². The Morgan fingerprint density at radius 1 is 1.14 bits per heavy atom. The first-order valence-electron chi connectivity index (χ1n) is 6.96. The highest BCUT2D eigenvalue weighted by molar-refractivity contribution is 5.88. The third kappa shape index (κ3) is 4.35. The summed E-state index contributed by atoms with van der Waals surface area (Å²) in [5, 5.41) is 13.9. The summed E-state index contributed by atoms with van der Waals surface area (Å²) in [5.41, 5.74) is 0. The Morgan fingerprint density at radius 3 is 2.55 bits per heavy atom. The minimum Gasteiger partial charge on any atom is -0.490 e. The summed E-state index contributed by atoms with van der Waals surface area (Å²) in [6, 6.07) is 11.5. The Balaban J connectivity index is 1.89. The summed E-state index contributed by atoms with van der Waals surface area (Å²) in [7, 11) is 0. The molecule has 0 aliphatic rings. The largest absolute Gasteiger partial charge is 0.490 e. The molecule has 0 saturated carbocycles. The van der Waals surface area contributed by atoms with Gasteiger partial charge in [-0.1, -0.05) is 36.4 Å². The summed E-state index contributed by atoms with van der Waals surface area (Å²) in [6.07, 6.45) is -5.35. The summed E-state index contributed by atoms with van der Waals surface area (Å²) in [5.74, 6) is 0.598. The van der Waals surface area contributed by atoms with E-state index in [0.717, 1.165) is 17.7 Å². The molecule has 0 aliphatic carbocycles. The van der Waals surface area contributed by atoms with Crippen LogP contribution in [-0.4, -0.2) is 36.6 Å². The van der Waals surface area contributed by atoms with Gasteiger partial charge in [-0.2, -0.15) is 13.2 Å². The van der Waals surface area contributed by atoms with Gasteiger partial charge in [0.2, 0.25) is 0 Å². The molecule has 0 aliphatic heterocycles. The number of benzene rings is 2. The molecule has 0 fully saturated rings. The monoisotopic (exact) mass is 313 g/mol. The second-order valence-corrected chi connectivity index (χ2v) is 5.11. The molecule has 2 aromatic carbocycles. The van der Waals surface area contributed by atoms with Gasteiger partial charge in [0.1, 0.15) is 24.5 Å². The van der Waals surface area contributed by atoms with Crippen LogP contribution in [0.25, 0.3) is 10.8 Å². The third-order valence-electron chi connectivity index (χ3n) is 3.33. The Hall–Kier alpha value is -1.79. The minimum atomic E-state index is -4.32. The van der Waals surface area contributed by atoms with E-state index in [4.69, 9.17) is 4.74 Å². The number of hydrogen-bond donors (Lipinski definition) is 2. The van der Waals surface area contributed by atoms with E-state index in [1.54, 1.807) is 6.07 Å². The van der Waals surface area contributed by atoms with E-state index in [2.05, 4.69) is 5.32 Å². The first-order chi connectivity index (χ1) is 10.4. The van der Waals surface area contributed by atoms with Gasteiger partial charge in [-0.3, -0.25) is 0 Å². The van der Waals surface area contributed by atoms with Crippen LogP contribution in [0.1, 0.15) is 6.92 Å². The topological polar surface area (TPSA) is 41.5 Å². The van der Waals surface area contributed by atoms with Crippen molar-refractivity contribution in [3.8, 4) is 5.75 Å². The Kier molecular flexibility index (Phi) is 5.26. The number of nitrogens with one attached hydrogen (secondary N) is 1. The molecule has 2 atom stereocenters. The van der Waals surface area contributed by atoms with Gasteiger partial charge in [-0.05, 0) is 18.4 Å². The van der Waals surface area contributed by atoms with Crippen LogP contribution in [-0.2, 0) is 0 Å². The molecule has 2 N–H and O–H groups in total. The van der Waals surface area contributed by atoms with Gasteiger partial charge in [-0.15, -0.1) is 0 Å². The fourth-order valence-electron chi connectivity index (χ4n) is 1.99. The van der Waals surface area contributed by atoms with E-state index in [1.807, 2.05) is 36.4 Å². The number of ether oxygens (including phenoxy) is 1. The van der Waals surface area contributed by atoms with Gasteiger partial charge >= 0.3 is 6.18 Å². The summed E-state index contributed by atoms with van der Waals surface area (Å²) in [6.45, 7) is 0.745. The first-order valence-corrected chi connectivity index (χ1v) is 6.96. The number of hydrogen-bond acceptors (Lipinski definition) is 3. The van der Waals surface area contributed by atoms with Crippen molar-refractivity contribution in [3.05, 3.63) is 42.5 Å². The molecule has 3 nitrogen and oxygen atoms in total. The lowest BCUT2D eigenvalue weighted by molar-refractivity contribution is -0.152. The van der Waals surface area contributed by atoms with Crippen molar-refractivity contribution in [3.63, 3.8) is 0 Å². The molecule has 1 unspecified atom stereocenters. The van der Waals surface area contributed by atoms with Gasteiger partial charge in [0.15, 0.2) is 0 Å². The SMILES string of the molecule is CC(NC[C@H](O)COc1cccc2ccccc12)C(F)(F)F. The molecule has 0 amide bonds. The average Bonchev–Trinajstić information content (AvgIpc) is 2.49. The number of aliphatic hydroxyl groups is 1. The van der Waals surface area contributed by atoms with E-state index < -0.39 is 18.3 Å². The number of rotatable bonds is 6. The summed E-state index contributed by atoms with van der Waals surface area (Å²) < 4.78 is 42.6. The smallest absolute Gasteiger partial charge is 0.403 e. The van der Waals surface area contributed by atoms with Gasteiger partial charge < -0.3 is 15.2 Å². The van der Waals surface area contributed by atoms with Crippen LogP contribution in [0.3, 0.4) is 0 Å². The van der Waals surface area contributed by atoms with Gasteiger partial charge in [0.05, 0.1) is 0 Å². The lowest BCUT2D eigenvalue weighted by Crippen LogP contribution is -2.44. The Bertz CT molecular complexity index is 610. The molecule has 2 aromatic rings.